The van der Waals surface area contributed by atoms with Gasteiger partial charge in [0.05, 0.1) is 5.69 Å². The molecule has 19 heavy (non-hydrogen) atoms. The monoisotopic (exact) mass is 290 g/mol. The number of fused-ring (bicyclic) bond motifs is 3. The molecular weight excluding hydrogens is 280 g/mol. The Kier molecular flexibility index (Phi) is 2.58. The van der Waals surface area contributed by atoms with Gasteiger partial charge in [-0.3, -0.25) is 0 Å². The van der Waals surface area contributed by atoms with Gasteiger partial charge < -0.3 is 5.32 Å². The summed E-state index contributed by atoms with van der Waals surface area (Å²) in [5.74, 6) is 0.768. The van der Waals surface area contributed by atoms with E-state index < -0.39 is 0 Å². The minimum Gasteiger partial charge on any atom is -0.311 e. The zero-order valence-corrected chi connectivity index (χ0v) is 11.6. The second-order valence-electron chi connectivity index (χ2n) is 4.54. The van der Waals surface area contributed by atoms with Gasteiger partial charge in [0.2, 0.25) is 4.96 Å². The van der Waals surface area contributed by atoms with Crippen molar-refractivity contribution >= 4 is 27.9 Å². The molecule has 0 aliphatic carbocycles. The molecule has 96 valence electrons. The van der Waals surface area contributed by atoms with Crippen molar-refractivity contribution < 1.29 is 0 Å². The number of thiazole rings is 1. The van der Waals surface area contributed by atoms with Crippen LogP contribution in [0.2, 0.25) is 5.02 Å². The molecule has 4 rings (SSSR count). The molecule has 0 bridgehead atoms. The van der Waals surface area contributed by atoms with Gasteiger partial charge in [-0.15, -0.1) is 5.10 Å². The van der Waals surface area contributed by atoms with Gasteiger partial charge in [0.15, 0.2) is 5.82 Å². The van der Waals surface area contributed by atoms with Gasteiger partial charge in [-0.2, -0.15) is 4.98 Å². The molecule has 0 amide bonds. The summed E-state index contributed by atoms with van der Waals surface area (Å²) >= 11 is 7.62. The summed E-state index contributed by atoms with van der Waals surface area (Å²) in [5.41, 5.74) is 2.30. The van der Waals surface area contributed by atoms with Crippen molar-refractivity contribution in [3.8, 4) is 11.4 Å². The zero-order valence-electron chi connectivity index (χ0n) is 10.1. The maximum absolute atomic E-state index is 5.90. The smallest absolute Gasteiger partial charge is 0.213 e. The number of benzene rings is 1. The molecule has 0 unspecified atom stereocenters. The summed E-state index contributed by atoms with van der Waals surface area (Å²) in [7, 11) is 0. The van der Waals surface area contributed by atoms with Crippen molar-refractivity contribution in [3.63, 3.8) is 0 Å². The Balaban J connectivity index is 1.84. The lowest BCUT2D eigenvalue weighted by Crippen LogP contribution is -2.23. The number of hydrogen-bond acceptors (Lipinski definition) is 4. The molecule has 3 heterocycles. The molecule has 6 heteroatoms. The van der Waals surface area contributed by atoms with Crippen LogP contribution in [0.25, 0.3) is 16.3 Å². The Morgan fingerprint density at radius 2 is 2.11 bits per heavy atom. The normalized spacial score (nSPS) is 14.8. The summed E-state index contributed by atoms with van der Waals surface area (Å²) in [6, 6.07) is 7.64. The van der Waals surface area contributed by atoms with E-state index in [1.54, 1.807) is 11.3 Å². The van der Waals surface area contributed by atoms with Gasteiger partial charge in [0.25, 0.3) is 0 Å². The largest absolute Gasteiger partial charge is 0.311 e. The molecule has 0 spiro atoms. The molecule has 1 aliphatic heterocycles. The Labute approximate surface area is 119 Å². The van der Waals surface area contributed by atoms with Crippen LogP contribution < -0.4 is 5.32 Å². The maximum Gasteiger partial charge on any atom is 0.213 e. The van der Waals surface area contributed by atoms with E-state index in [4.69, 9.17) is 11.6 Å². The fourth-order valence-corrected chi connectivity index (χ4v) is 3.54. The third-order valence-corrected chi connectivity index (χ3v) is 4.62. The molecule has 4 nitrogen and oxygen atoms in total. The first kappa shape index (κ1) is 11.4. The van der Waals surface area contributed by atoms with Crippen LogP contribution in [0.3, 0.4) is 0 Å². The van der Waals surface area contributed by atoms with Crippen molar-refractivity contribution in [2.75, 3.05) is 6.54 Å². The van der Waals surface area contributed by atoms with E-state index in [1.807, 2.05) is 28.8 Å². The van der Waals surface area contributed by atoms with Gasteiger partial charge in [-0.1, -0.05) is 22.9 Å². The van der Waals surface area contributed by atoms with Crippen LogP contribution in [-0.2, 0) is 13.0 Å². The predicted molar refractivity (Wildman–Crippen MR) is 76.7 cm³/mol. The molecule has 0 saturated heterocycles. The SMILES string of the molecule is Clc1ccc(-c2nc3sc4c(n3n2)CCNC4)cc1. The summed E-state index contributed by atoms with van der Waals surface area (Å²) < 4.78 is 1.99. The van der Waals surface area contributed by atoms with Crippen molar-refractivity contribution in [3.05, 3.63) is 39.9 Å². The highest BCUT2D eigenvalue weighted by molar-refractivity contribution is 7.17. The number of hydrogen-bond donors (Lipinski definition) is 1. The van der Waals surface area contributed by atoms with Crippen LogP contribution >= 0.6 is 22.9 Å². The van der Waals surface area contributed by atoms with Crippen LogP contribution in [0.1, 0.15) is 10.6 Å². The molecule has 0 radical (unpaired) electrons. The summed E-state index contributed by atoms with van der Waals surface area (Å²) in [6.45, 7) is 1.94. The topological polar surface area (TPSA) is 42.2 Å². The van der Waals surface area contributed by atoms with Crippen molar-refractivity contribution in [1.82, 2.24) is 19.9 Å². The van der Waals surface area contributed by atoms with Crippen LogP contribution in [0.5, 0.6) is 0 Å². The minimum atomic E-state index is 0.730. The van der Waals surface area contributed by atoms with Crippen molar-refractivity contribution in [2.45, 2.75) is 13.0 Å². The van der Waals surface area contributed by atoms with E-state index in [1.165, 1.54) is 10.6 Å². The summed E-state index contributed by atoms with van der Waals surface area (Å²) in [4.78, 5) is 6.94. The molecular formula is C13H11ClN4S. The predicted octanol–water partition coefficient (Wildman–Crippen LogP) is 2.76. The lowest BCUT2D eigenvalue weighted by Gasteiger charge is -2.11. The lowest BCUT2D eigenvalue weighted by atomic mass is 10.2. The number of nitrogens with one attached hydrogen (secondary N) is 1. The van der Waals surface area contributed by atoms with Crippen molar-refractivity contribution in [2.24, 2.45) is 0 Å². The molecule has 1 aliphatic rings. The minimum absolute atomic E-state index is 0.730. The van der Waals surface area contributed by atoms with Crippen LogP contribution in [-0.4, -0.2) is 21.1 Å². The van der Waals surface area contributed by atoms with Crippen molar-refractivity contribution in [1.29, 1.82) is 0 Å². The number of aromatic nitrogens is 3. The lowest BCUT2D eigenvalue weighted by molar-refractivity contribution is 0.629. The standard InChI is InChI=1S/C13H11ClN4S/c14-9-3-1-8(2-4-9)12-16-13-18(17-12)10-5-6-15-7-11(10)19-13/h1-4,15H,5-7H2. The van der Waals surface area contributed by atoms with E-state index in [9.17, 15) is 0 Å². The quantitative estimate of drug-likeness (QED) is 0.749. The summed E-state index contributed by atoms with van der Waals surface area (Å²) in [6.07, 6.45) is 1.01. The number of rotatable bonds is 1. The van der Waals surface area contributed by atoms with Gasteiger partial charge in [0.1, 0.15) is 0 Å². The van der Waals surface area contributed by atoms with Gasteiger partial charge in [0, 0.05) is 35.0 Å². The Morgan fingerprint density at radius 3 is 2.95 bits per heavy atom. The highest BCUT2D eigenvalue weighted by Gasteiger charge is 2.19. The number of nitrogens with zero attached hydrogens (tertiary/aromatic N) is 3. The van der Waals surface area contributed by atoms with E-state index in [0.29, 0.717) is 0 Å². The molecule has 1 aromatic carbocycles. The molecule has 2 aromatic heterocycles. The number of halogens is 1. The highest BCUT2D eigenvalue weighted by Crippen LogP contribution is 2.27. The zero-order chi connectivity index (χ0) is 12.8. The third-order valence-electron chi connectivity index (χ3n) is 3.30. The molecule has 3 aromatic rings. The maximum atomic E-state index is 5.90. The second-order valence-corrected chi connectivity index (χ2v) is 6.03. The Morgan fingerprint density at radius 1 is 1.26 bits per heavy atom. The van der Waals surface area contributed by atoms with E-state index >= 15 is 0 Å². The van der Waals surface area contributed by atoms with Crippen LogP contribution in [0, 0.1) is 0 Å². The van der Waals surface area contributed by atoms with Gasteiger partial charge in [-0.25, -0.2) is 4.52 Å². The van der Waals surface area contributed by atoms with Gasteiger partial charge in [-0.05, 0) is 24.3 Å². The van der Waals surface area contributed by atoms with Gasteiger partial charge >= 0.3 is 0 Å². The fourth-order valence-electron chi connectivity index (χ4n) is 2.34. The second kappa shape index (κ2) is 4.30. The molecule has 0 saturated carbocycles. The highest BCUT2D eigenvalue weighted by atomic mass is 35.5. The van der Waals surface area contributed by atoms with E-state index in [2.05, 4.69) is 15.4 Å². The third kappa shape index (κ3) is 1.85. The molecule has 1 N–H and O–H groups in total. The first-order valence-electron chi connectivity index (χ1n) is 6.15. The average molecular weight is 291 g/mol. The first-order chi connectivity index (χ1) is 9.31. The molecule has 0 fully saturated rings. The first-order valence-corrected chi connectivity index (χ1v) is 7.35. The van der Waals surface area contributed by atoms with E-state index in [-0.39, 0.29) is 0 Å². The Hall–Kier alpha value is -1.43. The van der Waals surface area contributed by atoms with E-state index in [0.717, 1.165) is 40.9 Å². The Bertz CT molecular complexity index is 744. The fraction of sp³-hybridized carbons (Fsp3) is 0.231. The van der Waals surface area contributed by atoms with Crippen LogP contribution in [0.15, 0.2) is 24.3 Å². The average Bonchev–Trinajstić information content (AvgIpc) is 2.97. The van der Waals surface area contributed by atoms with Crippen LogP contribution in [0.4, 0.5) is 0 Å². The molecule has 0 atom stereocenters. The summed E-state index contributed by atoms with van der Waals surface area (Å²) in [5, 5.41) is 8.73.